The first-order valence-electron chi connectivity index (χ1n) is 7.67. The third-order valence-electron chi connectivity index (χ3n) is 4.07. The van der Waals surface area contributed by atoms with E-state index in [0.717, 1.165) is 29.2 Å². The minimum Gasteiger partial charge on any atom is -0.364 e. The number of nitrogens with zero attached hydrogens (tertiary/aromatic N) is 3. The lowest BCUT2D eigenvalue weighted by molar-refractivity contribution is 0.260. The van der Waals surface area contributed by atoms with Crippen molar-refractivity contribution in [2.45, 2.75) is 25.8 Å². The lowest BCUT2D eigenvalue weighted by Crippen LogP contribution is -2.40. The third-order valence-corrected chi connectivity index (χ3v) is 4.31. The fraction of sp³-hybridized carbons (Fsp3) is 0.412. The van der Waals surface area contributed by atoms with Crippen LogP contribution >= 0.6 is 11.6 Å². The molecule has 0 bridgehead atoms. The lowest BCUT2D eigenvalue weighted by atomic mass is 10.1. The van der Waals surface area contributed by atoms with Gasteiger partial charge in [-0.15, -0.1) is 10.2 Å². The van der Waals surface area contributed by atoms with Gasteiger partial charge in [0.1, 0.15) is 0 Å². The predicted molar refractivity (Wildman–Crippen MR) is 91.4 cm³/mol. The van der Waals surface area contributed by atoms with E-state index in [1.165, 1.54) is 19.4 Å². The van der Waals surface area contributed by atoms with Crippen molar-refractivity contribution in [3.05, 3.63) is 40.9 Å². The normalized spacial score (nSPS) is 19.1. The summed E-state index contributed by atoms with van der Waals surface area (Å²) in [4.78, 5) is 2.35. The van der Waals surface area contributed by atoms with E-state index in [2.05, 4.69) is 40.5 Å². The second kappa shape index (κ2) is 6.63. The molecule has 5 heteroatoms. The quantitative estimate of drug-likeness (QED) is 0.939. The fourth-order valence-corrected chi connectivity index (χ4v) is 3.08. The Morgan fingerprint density at radius 1 is 1.27 bits per heavy atom. The Balaban J connectivity index is 1.77. The summed E-state index contributed by atoms with van der Waals surface area (Å²) in [6.07, 6.45) is 2.41. The number of nitrogens with one attached hydrogen (secondary N) is 1. The maximum atomic E-state index is 6.04. The van der Waals surface area contributed by atoms with Crippen molar-refractivity contribution in [3.8, 4) is 11.3 Å². The molecule has 1 aromatic carbocycles. The first-order valence-corrected chi connectivity index (χ1v) is 8.05. The van der Waals surface area contributed by atoms with Crippen molar-refractivity contribution in [2.75, 3.05) is 25.5 Å². The van der Waals surface area contributed by atoms with Crippen molar-refractivity contribution in [1.82, 2.24) is 15.1 Å². The Morgan fingerprint density at radius 2 is 2.14 bits per heavy atom. The van der Waals surface area contributed by atoms with Gasteiger partial charge in [0.25, 0.3) is 0 Å². The predicted octanol–water partition coefficient (Wildman–Crippen LogP) is 3.61. The van der Waals surface area contributed by atoms with Crippen molar-refractivity contribution < 1.29 is 0 Å². The Hall–Kier alpha value is -1.65. The maximum Gasteiger partial charge on any atom is 0.151 e. The largest absolute Gasteiger partial charge is 0.364 e. The van der Waals surface area contributed by atoms with Crippen LogP contribution in [0.5, 0.6) is 0 Å². The Bertz CT molecular complexity index is 659. The summed E-state index contributed by atoms with van der Waals surface area (Å²) in [6.45, 7) is 4.30. The Kier molecular flexibility index (Phi) is 4.60. The molecule has 1 aliphatic heterocycles. The van der Waals surface area contributed by atoms with Crippen molar-refractivity contribution in [1.29, 1.82) is 0 Å². The second-order valence-electron chi connectivity index (χ2n) is 6.02. The van der Waals surface area contributed by atoms with Crippen LogP contribution in [0.2, 0.25) is 5.02 Å². The highest BCUT2D eigenvalue weighted by molar-refractivity contribution is 6.30. The molecule has 1 aliphatic rings. The molecule has 0 aliphatic carbocycles. The molecule has 116 valence electrons. The van der Waals surface area contributed by atoms with Crippen molar-refractivity contribution in [3.63, 3.8) is 0 Å². The number of aryl methyl sites for hydroxylation is 1. The molecule has 4 nitrogen and oxygen atoms in total. The van der Waals surface area contributed by atoms with Crippen LogP contribution in [0.3, 0.4) is 0 Å². The number of hydrogen-bond donors (Lipinski definition) is 1. The summed E-state index contributed by atoms with van der Waals surface area (Å²) in [5.74, 6) is 0.881. The molecule has 22 heavy (non-hydrogen) atoms. The zero-order valence-corrected chi connectivity index (χ0v) is 13.8. The number of aromatic nitrogens is 2. The van der Waals surface area contributed by atoms with Gasteiger partial charge in [-0.3, -0.25) is 0 Å². The van der Waals surface area contributed by atoms with Crippen LogP contribution in [0.4, 0.5) is 5.82 Å². The van der Waals surface area contributed by atoms with Crippen LogP contribution in [0.15, 0.2) is 30.3 Å². The van der Waals surface area contributed by atoms with Gasteiger partial charge in [-0.1, -0.05) is 23.7 Å². The number of piperidine rings is 1. The van der Waals surface area contributed by atoms with E-state index in [1.807, 2.05) is 24.3 Å². The van der Waals surface area contributed by atoms with Gasteiger partial charge in [0.05, 0.1) is 5.69 Å². The van der Waals surface area contributed by atoms with Gasteiger partial charge in [-0.05, 0) is 57.1 Å². The number of rotatable bonds is 3. The molecule has 0 saturated carbocycles. The average molecular weight is 317 g/mol. The van der Waals surface area contributed by atoms with Crippen LogP contribution < -0.4 is 5.32 Å². The van der Waals surface area contributed by atoms with Gasteiger partial charge in [-0.2, -0.15) is 0 Å². The smallest absolute Gasteiger partial charge is 0.151 e. The van der Waals surface area contributed by atoms with E-state index in [0.29, 0.717) is 11.1 Å². The second-order valence-corrected chi connectivity index (χ2v) is 6.45. The topological polar surface area (TPSA) is 41.1 Å². The molecule has 1 atom stereocenters. The molecular formula is C17H21ClN4. The minimum atomic E-state index is 0.448. The highest BCUT2D eigenvalue weighted by Gasteiger charge is 2.18. The van der Waals surface area contributed by atoms with Gasteiger partial charge in [-0.25, -0.2) is 0 Å². The molecule has 0 unspecified atom stereocenters. The Morgan fingerprint density at radius 3 is 2.86 bits per heavy atom. The summed E-state index contributed by atoms with van der Waals surface area (Å²) in [6, 6.07) is 10.2. The minimum absolute atomic E-state index is 0.448. The van der Waals surface area contributed by atoms with E-state index in [4.69, 9.17) is 11.6 Å². The van der Waals surface area contributed by atoms with Crippen molar-refractivity contribution >= 4 is 17.4 Å². The molecule has 1 fully saturated rings. The number of hydrogen-bond acceptors (Lipinski definition) is 4. The highest BCUT2D eigenvalue weighted by Crippen LogP contribution is 2.24. The van der Waals surface area contributed by atoms with E-state index in [1.54, 1.807) is 0 Å². The summed E-state index contributed by atoms with van der Waals surface area (Å²) >= 11 is 6.04. The van der Waals surface area contributed by atoms with Crippen LogP contribution in [-0.4, -0.2) is 41.3 Å². The first kappa shape index (κ1) is 15.3. The Labute approximate surface area is 136 Å². The standard InChI is InChI=1S/C17H21ClN4/c1-12-9-16(13-5-3-6-14(18)10-13)20-21-17(12)19-15-7-4-8-22(2)11-15/h3,5-6,9-10,15H,4,7-8,11H2,1-2H3,(H,19,21)/t15-/m1/s1. The number of likely N-dealkylation sites (N-methyl/N-ethyl adjacent to an activating group) is 1. The van der Waals surface area contributed by atoms with E-state index < -0.39 is 0 Å². The third kappa shape index (κ3) is 3.57. The molecule has 3 rings (SSSR count). The molecule has 0 radical (unpaired) electrons. The molecule has 1 aromatic heterocycles. The first-order chi connectivity index (χ1) is 10.6. The molecule has 1 N–H and O–H groups in total. The monoisotopic (exact) mass is 316 g/mol. The molecule has 1 saturated heterocycles. The van der Waals surface area contributed by atoms with Gasteiger partial charge in [0.2, 0.25) is 0 Å². The van der Waals surface area contributed by atoms with Gasteiger partial charge >= 0.3 is 0 Å². The molecule has 0 spiro atoms. The number of benzene rings is 1. The van der Waals surface area contributed by atoms with Crippen molar-refractivity contribution in [2.24, 2.45) is 0 Å². The van der Waals surface area contributed by atoms with Crippen LogP contribution in [0.25, 0.3) is 11.3 Å². The zero-order chi connectivity index (χ0) is 15.5. The van der Waals surface area contributed by atoms with Crippen LogP contribution in [0.1, 0.15) is 18.4 Å². The van der Waals surface area contributed by atoms with Gasteiger partial charge < -0.3 is 10.2 Å². The SMILES string of the molecule is Cc1cc(-c2cccc(Cl)c2)nnc1N[C@@H]1CCCN(C)C1. The van der Waals surface area contributed by atoms with Gasteiger partial charge in [0.15, 0.2) is 5.82 Å². The van der Waals surface area contributed by atoms with E-state index in [-0.39, 0.29) is 0 Å². The lowest BCUT2D eigenvalue weighted by Gasteiger charge is -2.30. The maximum absolute atomic E-state index is 6.04. The molecule has 2 heterocycles. The van der Waals surface area contributed by atoms with Crippen LogP contribution in [0, 0.1) is 6.92 Å². The number of anilines is 1. The molecule has 2 aromatic rings. The average Bonchev–Trinajstić information content (AvgIpc) is 2.49. The zero-order valence-electron chi connectivity index (χ0n) is 13.0. The summed E-state index contributed by atoms with van der Waals surface area (Å²) in [7, 11) is 2.16. The summed E-state index contributed by atoms with van der Waals surface area (Å²) in [5.41, 5.74) is 2.96. The van der Waals surface area contributed by atoms with E-state index in [9.17, 15) is 0 Å². The van der Waals surface area contributed by atoms with Crippen LogP contribution in [-0.2, 0) is 0 Å². The van der Waals surface area contributed by atoms with Gasteiger partial charge in [0, 0.05) is 23.2 Å². The fourth-order valence-electron chi connectivity index (χ4n) is 2.89. The molecular weight excluding hydrogens is 296 g/mol. The van der Waals surface area contributed by atoms with E-state index >= 15 is 0 Å². The number of likely N-dealkylation sites (tertiary alicyclic amines) is 1. The summed E-state index contributed by atoms with van der Waals surface area (Å²) in [5, 5.41) is 13.0. The summed E-state index contributed by atoms with van der Waals surface area (Å²) < 4.78 is 0. The molecule has 0 amide bonds. The number of halogens is 1. The highest BCUT2D eigenvalue weighted by atomic mass is 35.5.